The molecule has 0 spiro atoms. The summed E-state index contributed by atoms with van der Waals surface area (Å²) in [6.45, 7) is 0.984. The molecule has 9 heteroatoms. The lowest BCUT2D eigenvalue weighted by molar-refractivity contribution is 0.100. The molecule has 0 bridgehead atoms. The van der Waals surface area contributed by atoms with Gasteiger partial charge in [-0.05, 0) is 55.0 Å². The van der Waals surface area contributed by atoms with Gasteiger partial charge < -0.3 is 19.8 Å². The second-order valence-electron chi connectivity index (χ2n) is 7.59. The lowest BCUT2D eigenvalue weighted by atomic mass is 10.1. The number of nitrogens with zero attached hydrogens (tertiary/aromatic N) is 2. The van der Waals surface area contributed by atoms with Crippen LogP contribution in [0.2, 0.25) is 5.02 Å². The van der Waals surface area contributed by atoms with Crippen LogP contribution in [-0.4, -0.2) is 24.2 Å². The number of carbonyl (C=O) groups is 1. The zero-order valence-corrected chi connectivity index (χ0v) is 20.5. The number of carbonyl (C=O) groups excluding carboxylic acids is 1. The zero-order chi connectivity index (χ0) is 24.8. The first-order chi connectivity index (χ1) is 16.9. The lowest BCUT2D eigenvalue weighted by Crippen LogP contribution is -2.17. The summed E-state index contributed by atoms with van der Waals surface area (Å²) in [6.07, 6.45) is 0.651. The molecule has 0 saturated carbocycles. The van der Waals surface area contributed by atoms with Crippen LogP contribution in [0.15, 0.2) is 77.1 Å². The second kappa shape index (κ2) is 11.2. The molecule has 0 aliphatic carbocycles. The van der Waals surface area contributed by atoms with Gasteiger partial charge in [-0.25, -0.2) is 9.38 Å². The minimum Gasteiger partial charge on any atom is -0.495 e. The Balaban J connectivity index is 1.65. The molecule has 1 amide bonds. The highest BCUT2D eigenvalue weighted by atomic mass is 35.5. The third-order valence-corrected chi connectivity index (χ3v) is 6.35. The van der Waals surface area contributed by atoms with Gasteiger partial charge in [0.05, 0.1) is 30.1 Å². The molecule has 0 aliphatic rings. The minimum absolute atomic E-state index is 0.340. The average molecular weight is 512 g/mol. The van der Waals surface area contributed by atoms with Crippen LogP contribution in [0.25, 0.3) is 11.3 Å². The number of thiazole rings is 1. The third kappa shape index (κ3) is 6.09. The molecule has 0 aliphatic heterocycles. The van der Waals surface area contributed by atoms with E-state index in [1.807, 2.05) is 29.6 Å². The van der Waals surface area contributed by atoms with Gasteiger partial charge in [0, 0.05) is 29.1 Å². The maximum Gasteiger partial charge on any atom is 0.248 e. The summed E-state index contributed by atoms with van der Waals surface area (Å²) in [5.41, 5.74) is 8.26. The number of benzene rings is 3. The number of hydrogen-bond acceptors (Lipinski definition) is 5. The quantitative estimate of drug-likeness (QED) is 0.288. The number of hydrogen-bond donors (Lipinski definition) is 1. The number of nitrogens with two attached hydrogens (primary N) is 1. The second-order valence-corrected chi connectivity index (χ2v) is 8.83. The predicted octanol–water partition coefficient (Wildman–Crippen LogP) is 5.82. The first kappa shape index (κ1) is 24.5. The Morgan fingerprint density at radius 1 is 1.14 bits per heavy atom. The van der Waals surface area contributed by atoms with Crippen LogP contribution in [0.4, 0.5) is 10.1 Å². The number of aromatic nitrogens is 1. The molecule has 3 aromatic carbocycles. The van der Waals surface area contributed by atoms with E-state index in [4.69, 9.17) is 31.8 Å². The average Bonchev–Trinajstić information content (AvgIpc) is 3.24. The molecule has 0 atom stereocenters. The summed E-state index contributed by atoms with van der Waals surface area (Å²) in [4.78, 5) is 17.1. The van der Waals surface area contributed by atoms with Gasteiger partial charge in [-0.3, -0.25) is 4.79 Å². The maximum absolute atomic E-state index is 13.4. The van der Waals surface area contributed by atoms with Crippen molar-refractivity contribution in [3.8, 4) is 22.8 Å². The normalized spacial score (nSPS) is 11.5. The minimum atomic E-state index is -0.510. The molecule has 0 unspecified atom stereocenters. The number of amides is 1. The van der Waals surface area contributed by atoms with Gasteiger partial charge in [-0.1, -0.05) is 23.7 Å². The molecule has 180 valence electrons. The molecule has 0 radical (unpaired) electrons. The fourth-order valence-corrected chi connectivity index (χ4v) is 4.71. The van der Waals surface area contributed by atoms with Crippen LogP contribution in [0, 0.1) is 5.82 Å². The van der Waals surface area contributed by atoms with E-state index in [2.05, 4.69) is 4.57 Å². The van der Waals surface area contributed by atoms with Crippen molar-refractivity contribution in [1.82, 2.24) is 4.57 Å². The summed E-state index contributed by atoms with van der Waals surface area (Å²) in [5, 5.41) is 2.51. The smallest absolute Gasteiger partial charge is 0.248 e. The number of halogens is 2. The van der Waals surface area contributed by atoms with E-state index >= 15 is 0 Å². The summed E-state index contributed by atoms with van der Waals surface area (Å²) in [6, 6.07) is 18.5. The Morgan fingerprint density at radius 3 is 2.71 bits per heavy atom. The predicted molar refractivity (Wildman–Crippen MR) is 136 cm³/mol. The first-order valence-corrected chi connectivity index (χ1v) is 12.1. The van der Waals surface area contributed by atoms with Crippen LogP contribution in [0.1, 0.15) is 16.8 Å². The largest absolute Gasteiger partial charge is 0.495 e. The summed E-state index contributed by atoms with van der Waals surface area (Å²) in [7, 11) is 1.57. The Hall–Kier alpha value is -3.62. The number of methoxy groups -OCH3 is 1. The molecule has 1 heterocycles. The Labute approximate surface area is 211 Å². The van der Waals surface area contributed by atoms with Gasteiger partial charge in [-0.2, -0.15) is 0 Å². The highest BCUT2D eigenvalue weighted by Crippen LogP contribution is 2.30. The highest BCUT2D eigenvalue weighted by Gasteiger charge is 2.11. The van der Waals surface area contributed by atoms with Crippen molar-refractivity contribution in [3.63, 3.8) is 0 Å². The van der Waals surface area contributed by atoms with Crippen molar-refractivity contribution in [2.24, 2.45) is 10.7 Å². The molecule has 4 rings (SSSR count). The van der Waals surface area contributed by atoms with Crippen LogP contribution in [0.3, 0.4) is 0 Å². The fraction of sp³-hybridized carbons (Fsp3) is 0.154. The molecule has 1 aromatic heterocycles. The van der Waals surface area contributed by atoms with Crippen LogP contribution in [-0.2, 0) is 6.54 Å². The van der Waals surface area contributed by atoms with E-state index in [0.717, 1.165) is 16.1 Å². The lowest BCUT2D eigenvalue weighted by Gasteiger charge is -2.12. The number of rotatable bonds is 9. The zero-order valence-electron chi connectivity index (χ0n) is 18.9. The summed E-state index contributed by atoms with van der Waals surface area (Å²) >= 11 is 7.84. The molecule has 2 N–H and O–H groups in total. The summed E-state index contributed by atoms with van der Waals surface area (Å²) < 4.78 is 26.5. The Morgan fingerprint density at radius 2 is 1.97 bits per heavy atom. The van der Waals surface area contributed by atoms with E-state index in [1.165, 1.54) is 23.5 Å². The summed E-state index contributed by atoms with van der Waals surface area (Å²) in [5.74, 6) is 0.223. The SMILES string of the molecule is COc1ccc(-c2csc(=Nc3cccc(C(N)=O)c3)n2CCCOc2cccc(F)c2)cc1Cl. The van der Waals surface area contributed by atoms with E-state index in [0.29, 0.717) is 47.3 Å². The first-order valence-electron chi connectivity index (χ1n) is 10.8. The van der Waals surface area contributed by atoms with Gasteiger partial charge >= 0.3 is 0 Å². The van der Waals surface area contributed by atoms with E-state index in [-0.39, 0.29) is 5.82 Å². The molecular weight excluding hydrogens is 489 g/mol. The maximum atomic E-state index is 13.4. The molecule has 0 fully saturated rings. The van der Waals surface area contributed by atoms with Gasteiger partial charge in [0.15, 0.2) is 4.80 Å². The monoisotopic (exact) mass is 511 g/mol. The molecular formula is C26H23ClFN3O3S. The van der Waals surface area contributed by atoms with Crippen LogP contribution < -0.4 is 20.0 Å². The van der Waals surface area contributed by atoms with Crippen molar-refractivity contribution in [3.05, 3.63) is 93.3 Å². The fourth-order valence-electron chi connectivity index (χ4n) is 3.50. The molecule has 6 nitrogen and oxygen atoms in total. The Kier molecular flexibility index (Phi) is 7.84. The van der Waals surface area contributed by atoms with E-state index in [1.54, 1.807) is 37.4 Å². The number of primary amides is 1. The van der Waals surface area contributed by atoms with Gasteiger partial charge in [0.2, 0.25) is 5.91 Å². The Bertz CT molecular complexity index is 1420. The van der Waals surface area contributed by atoms with Gasteiger partial charge in [-0.15, -0.1) is 11.3 Å². The van der Waals surface area contributed by atoms with Crippen molar-refractivity contribution in [2.75, 3.05) is 13.7 Å². The molecule has 0 saturated heterocycles. The van der Waals surface area contributed by atoms with Crippen molar-refractivity contribution in [2.45, 2.75) is 13.0 Å². The van der Waals surface area contributed by atoms with Gasteiger partial charge in [0.25, 0.3) is 0 Å². The van der Waals surface area contributed by atoms with Crippen molar-refractivity contribution >= 4 is 34.5 Å². The molecule has 35 heavy (non-hydrogen) atoms. The molecule has 4 aromatic rings. The van der Waals surface area contributed by atoms with Gasteiger partial charge in [0.1, 0.15) is 17.3 Å². The topological polar surface area (TPSA) is 78.8 Å². The standard InChI is InChI=1S/C26H23ClFN3O3S/c1-33-24-10-9-17(14-22(24)27)23-16-35-26(30-20-7-2-5-18(13-20)25(29)32)31(23)11-4-12-34-21-8-3-6-19(28)15-21/h2-3,5-10,13-16H,4,11-12H2,1H3,(H2,29,32). The highest BCUT2D eigenvalue weighted by molar-refractivity contribution is 7.07. The number of ether oxygens (including phenoxy) is 2. The van der Waals surface area contributed by atoms with Crippen molar-refractivity contribution in [1.29, 1.82) is 0 Å². The van der Waals surface area contributed by atoms with Crippen LogP contribution >= 0.6 is 22.9 Å². The van der Waals surface area contributed by atoms with E-state index < -0.39 is 5.91 Å². The van der Waals surface area contributed by atoms with E-state index in [9.17, 15) is 9.18 Å². The van der Waals surface area contributed by atoms with Crippen LogP contribution in [0.5, 0.6) is 11.5 Å². The third-order valence-electron chi connectivity index (χ3n) is 5.19. The van der Waals surface area contributed by atoms with Crippen molar-refractivity contribution < 1.29 is 18.7 Å².